The SMILES string of the molecule is C#CCN1CCSCC1CC(=O)O. The first kappa shape index (κ1) is 10.4. The van der Waals surface area contributed by atoms with E-state index in [1.807, 2.05) is 0 Å². The van der Waals surface area contributed by atoms with Crippen molar-refractivity contribution in [1.29, 1.82) is 0 Å². The Morgan fingerprint density at radius 2 is 2.54 bits per heavy atom. The molecule has 0 saturated carbocycles. The lowest BCUT2D eigenvalue weighted by molar-refractivity contribution is -0.138. The molecular formula is C9H13NO2S. The minimum atomic E-state index is -0.741. The molecule has 1 unspecified atom stereocenters. The van der Waals surface area contributed by atoms with Gasteiger partial charge in [0.2, 0.25) is 0 Å². The molecule has 0 bridgehead atoms. The van der Waals surface area contributed by atoms with Gasteiger partial charge in [-0.1, -0.05) is 5.92 Å². The van der Waals surface area contributed by atoms with Crippen LogP contribution in [0.4, 0.5) is 0 Å². The quantitative estimate of drug-likeness (QED) is 0.672. The molecule has 0 spiro atoms. The van der Waals surface area contributed by atoms with Crippen LogP contribution < -0.4 is 0 Å². The summed E-state index contributed by atoms with van der Waals surface area (Å²) in [4.78, 5) is 12.6. The van der Waals surface area contributed by atoms with Gasteiger partial charge in [0, 0.05) is 24.1 Å². The second-order valence-corrected chi connectivity index (χ2v) is 4.15. The lowest BCUT2D eigenvalue weighted by atomic mass is 10.2. The summed E-state index contributed by atoms with van der Waals surface area (Å²) < 4.78 is 0. The molecule has 1 aliphatic heterocycles. The van der Waals surface area contributed by atoms with Crippen LogP contribution in [0.3, 0.4) is 0 Å². The zero-order valence-electron chi connectivity index (χ0n) is 7.40. The van der Waals surface area contributed by atoms with Gasteiger partial charge < -0.3 is 5.11 Å². The fourth-order valence-corrected chi connectivity index (χ4v) is 2.54. The van der Waals surface area contributed by atoms with Gasteiger partial charge in [-0.3, -0.25) is 9.69 Å². The van der Waals surface area contributed by atoms with Crippen LogP contribution in [-0.2, 0) is 4.79 Å². The minimum absolute atomic E-state index is 0.118. The van der Waals surface area contributed by atoms with E-state index in [1.54, 1.807) is 11.8 Å². The van der Waals surface area contributed by atoms with E-state index in [-0.39, 0.29) is 12.5 Å². The number of carbonyl (C=O) groups is 1. The summed E-state index contributed by atoms with van der Waals surface area (Å²) in [5, 5.41) is 8.66. The maximum atomic E-state index is 10.5. The summed E-state index contributed by atoms with van der Waals surface area (Å²) in [6.07, 6.45) is 5.41. The lowest BCUT2D eigenvalue weighted by Gasteiger charge is -2.32. The second kappa shape index (κ2) is 5.15. The maximum Gasteiger partial charge on any atom is 0.304 e. The van der Waals surface area contributed by atoms with Gasteiger partial charge in [0.05, 0.1) is 13.0 Å². The molecule has 72 valence electrons. The number of thioether (sulfide) groups is 1. The molecule has 3 nitrogen and oxygen atoms in total. The van der Waals surface area contributed by atoms with E-state index in [4.69, 9.17) is 11.5 Å². The van der Waals surface area contributed by atoms with E-state index in [2.05, 4.69) is 10.8 Å². The topological polar surface area (TPSA) is 40.5 Å². The third kappa shape index (κ3) is 3.29. The molecule has 1 fully saturated rings. The largest absolute Gasteiger partial charge is 0.481 e. The standard InChI is InChI=1S/C9H13NO2S/c1-2-3-10-4-5-13-7-8(10)6-9(11)12/h1,8H,3-7H2,(H,11,12). The van der Waals surface area contributed by atoms with Gasteiger partial charge in [0.15, 0.2) is 0 Å². The zero-order valence-corrected chi connectivity index (χ0v) is 8.22. The van der Waals surface area contributed by atoms with Crippen molar-refractivity contribution in [3.8, 4) is 12.3 Å². The van der Waals surface area contributed by atoms with Crippen molar-refractivity contribution in [2.24, 2.45) is 0 Å². The van der Waals surface area contributed by atoms with Crippen molar-refractivity contribution < 1.29 is 9.90 Å². The van der Waals surface area contributed by atoms with Crippen LogP contribution >= 0.6 is 11.8 Å². The third-order valence-electron chi connectivity index (χ3n) is 2.05. The average molecular weight is 199 g/mol. The van der Waals surface area contributed by atoms with Crippen LogP contribution in [-0.4, -0.2) is 46.6 Å². The molecule has 1 rings (SSSR count). The Morgan fingerprint density at radius 1 is 1.77 bits per heavy atom. The predicted molar refractivity (Wildman–Crippen MR) is 53.8 cm³/mol. The van der Waals surface area contributed by atoms with Crippen LogP contribution in [0.1, 0.15) is 6.42 Å². The molecule has 1 heterocycles. The normalized spacial score (nSPS) is 23.8. The number of terminal acetylenes is 1. The summed E-state index contributed by atoms with van der Waals surface area (Å²) in [6.45, 7) is 1.48. The molecule has 1 aliphatic rings. The summed E-state index contributed by atoms with van der Waals surface area (Å²) in [5.41, 5.74) is 0. The molecule has 13 heavy (non-hydrogen) atoms. The third-order valence-corrected chi connectivity index (χ3v) is 3.15. The van der Waals surface area contributed by atoms with Gasteiger partial charge in [-0.25, -0.2) is 0 Å². The van der Waals surface area contributed by atoms with Crippen molar-refractivity contribution in [3.63, 3.8) is 0 Å². The molecule has 0 amide bonds. The summed E-state index contributed by atoms with van der Waals surface area (Å²) >= 11 is 1.80. The number of rotatable bonds is 3. The molecule has 0 aromatic heterocycles. The highest BCUT2D eigenvalue weighted by molar-refractivity contribution is 7.99. The van der Waals surface area contributed by atoms with E-state index in [0.717, 1.165) is 18.1 Å². The summed E-state index contributed by atoms with van der Waals surface area (Å²) in [5.74, 6) is 3.76. The highest BCUT2D eigenvalue weighted by Gasteiger charge is 2.23. The first-order valence-electron chi connectivity index (χ1n) is 4.21. The van der Waals surface area contributed by atoms with Gasteiger partial charge in [0.1, 0.15) is 0 Å². The number of hydrogen-bond acceptors (Lipinski definition) is 3. The van der Waals surface area contributed by atoms with Crippen molar-refractivity contribution in [1.82, 2.24) is 4.90 Å². The smallest absolute Gasteiger partial charge is 0.304 e. The van der Waals surface area contributed by atoms with Crippen LogP contribution in [0, 0.1) is 12.3 Å². The molecule has 4 heteroatoms. The van der Waals surface area contributed by atoms with Crippen molar-refractivity contribution >= 4 is 17.7 Å². The number of hydrogen-bond donors (Lipinski definition) is 1. The fraction of sp³-hybridized carbons (Fsp3) is 0.667. The number of carboxylic acids is 1. The van der Waals surface area contributed by atoms with Gasteiger partial charge in [-0.05, 0) is 0 Å². The first-order chi connectivity index (χ1) is 6.24. The summed E-state index contributed by atoms with van der Waals surface area (Å²) in [7, 11) is 0. The molecule has 0 aromatic carbocycles. The molecular weight excluding hydrogens is 186 g/mol. The highest BCUT2D eigenvalue weighted by atomic mass is 32.2. The van der Waals surface area contributed by atoms with E-state index in [9.17, 15) is 4.79 Å². The van der Waals surface area contributed by atoms with Crippen molar-refractivity contribution in [3.05, 3.63) is 0 Å². The van der Waals surface area contributed by atoms with Gasteiger partial charge >= 0.3 is 5.97 Å². The number of carboxylic acid groups (broad SMARTS) is 1. The monoisotopic (exact) mass is 199 g/mol. The second-order valence-electron chi connectivity index (χ2n) is 3.00. The molecule has 0 aromatic rings. The summed E-state index contributed by atoms with van der Waals surface area (Å²) in [6, 6.07) is 0.118. The molecule has 0 aliphatic carbocycles. The Kier molecular flexibility index (Phi) is 4.13. The maximum absolute atomic E-state index is 10.5. The van der Waals surface area contributed by atoms with E-state index in [0.29, 0.717) is 6.54 Å². The Bertz CT molecular complexity index is 224. The molecule has 1 saturated heterocycles. The first-order valence-corrected chi connectivity index (χ1v) is 5.36. The Labute approximate surface area is 82.5 Å². The van der Waals surface area contributed by atoms with Gasteiger partial charge in [-0.2, -0.15) is 11.8 Å². The minimum Gasteiger partial charge on any atom is -0.481 e. The van der Waals surface area contributed by atoms with Crippen LogP contribution in [0.15, 0.2) is 0 Å². The van der Waals surface area contributed by atoms with E-state index in [1.165, 1.54) is 0 Å². The highest BCUT2D eigenvalue weighted by Crippen LogP contribution is 2.18. The molecule has 1 N–H and O–H groups in total. The predicted octanol–water partition coefficient (Wildman–Crippen LogP) is 0.512. The fourth-order valence-electron chi connectivity index (χ4n) is 1.40. The number of nitrogens with zero attached hydrogens (tertiary/aromatic N) is 1. The molecule has 0 radical (unpaired) electrons. The van der Waals surface area contributed by atoms with Crippen molar-refractivity contribution in [2.45, 2.75) is 12.5 Å². The average Bonchev–Trinajstić information content (AvgIpc) is 2.08. The van der Waals surface area contributed by atoms with Crippen molar-refractivity contribution in [2.75, 3.05) is 24.6 Å². The van der Waals surface area contributed by atoms with Gasteiger partial charge in [-0.15, -0.1) is 6.42 Å². The Balaban J connectivity index is 2.47. The Hall–Kier alpha value is -0.660. The zero-order chi connectivity index (χ0) is 9.68. The molecule has 1 atom stereocenters. The van der Waals surface area contributed by atoms with Crippen LogP contribution in [0.5, 0.6) is 0 Å². The van der Waals surface area contributed by atoms with Crippen LogP contribution in [0.2, 0.25) is 0 Å². The van der Waals surface area contributed by atoms with E-state index < -0.39 is 5.97 Å². The lowest BCUT2D eigenvalue weighted by Crippen LogP contribution is -2.43. The Morgan fingerprint density at radius 3 is 3.15 bits per heavy atom. The van der Waals surface area contributed by atoms with Crippen LogP contribution in [0.25, 0.3) is 0 Å². The number of aliphatic carboxylic acids is 1. The van der Waals surface area contributed by atoms with E-state index >= 15 is 0 Å². The van der Waals surface area contributed by atoms with Gasteiger partial charge in [0.25, 0.3) is 0 Å².